The van der Waals surface area contributed by atoms with Crippen LogP contribution < -0.4 is 5.32 Å². The Morgan fingerprint density at radius 2 is 1.87 bits per heavy atom. The largest absolute Gasteiger partial charge is 0.360 e. The zero-order valence-corrected chi connectivity index (χ0v) is 14.4. The Kier molecular flexibility index (Phi) is 5.97. The highest BCUT2D eigenvalue weighted by Gasteiger charge is 2.22. The fourth-order valence-electron chi connectivity index (χ4n) is 2.63. The quantitative estimate of drug-likeness (QED) is 0.813. The van der Waals surface area contributed by atoms with E-state index in [9.17, 15) is 4.79 Å². The number of hydrogen-bond donors (Lipinski definition) is 1. The number of aryl methyl sites for hydroxylation is 1. The molecule has 1 aromatic heterocycles. The van der Waals surface area contributed by atoms with E-state index in [0.717, 1.165) is 18.4 Å². The average Bonchev–Trinajstić information content (AvgIpc) is 2.89. The van der Waals surface area contributed by atoms with Crippen LogP contribution in [0.1, 0.15) is 56.2 Å². The highest BCUT2D eigenvalue weighted by molar-refractivity contribution is 6.00. The zero-order valence-electron chi connectivity index (χ0n) is 14.4. The number of carbonyl (C=O) groups excluding carboxylic acids is 1. The lowest BCUT2D eigenvalue weighted by atomic mass is 10.0. The first-order chi connectivity index (χ1) is 11.0. The topological polar surface area (TPSA) is 55.1 Å². The molecule has 0 radical (unpaired) electrons. The molecule has 1 atom stereocenters. The van der Waals surface area contributed by atoms with Crippen LogP contribution in [0.5, 0.6) is 0 Å². The van der Waals surface area contributed by atoms with Crippen molar-refractivity contribution in [3.63, 3.8) is 0 Å². The number of benzene rings is 1. The van der Waals surface area contributed by atoms with Crippen LogP contribution >= 0.6 is 0 Å². The van der Waals surface area contributed by atoms with Crippen LogP contribution in [0, 0.1) is 12.8 Å². The molecule has 0 spiro atoms. The Balaban J connectivity index is 2.07. The highest BCUT2D eigenvalue weighted by Crippen LogP contribution is 2.25. The maximum atomic E-state index is 12.6. The van der Waals surface area contributed by atoms with E-state index in [4.69, 9.17) is 4.52 Å². The first kappa shape index (κ1) is 17.3. The second-order valence-corrected chi connectivity index (χ2v) is 6.53. The number of hydrogen-bond acceptors (Lipinski definition) is 3. The molecule has 0 fully saturated rings. The van der Waals surface area contributed by atoms with Crippen LogP contribution in [-0.2, 0) is 0 Å². The van der Waals surface area contributed by atoms with E-state index >= 15 is 0 Å². The number of nitrogens with one attached hydrogen (secondary N) is 1. The summed E-state index contributed by atoms with van der Waals surface area (Å²) in [5.41, 5.74) is 2.03. The van der Waals surface area contributed by atoms with Gasteiger partial charge in [-0.2, -0.15) is 0 Å². The number of aromatic nitrogens is 1. The molecule has 1 N–H and O–H groups in total. The molecule has 0 aliphatic carbocycles. The van der Waals surface area contributed by atoms with Gasteiger partial charge in [-0.05, 0) is 26.2 Å². The minimum Gasteiger partial charge on any atom is -0.360 e. The second-order valence-electron chi connectivity index (χ2n) is 6.53. The fourth-order valence-corrected chi connectivity index (χ4v) is 2.63. The molecule has 1 amide bonds. The van der Waals surface area contributed by atoms with Gasteiger partial charge in [-0.25, -0.2) is 0 Å². The van der Waals surface area contributed by atoms with E-state index in [-0.39, 0.29) is 11.9 Å². The van der Waals surface area contributed by atoms with Crippen molar-refractivity contribution >= 4 is 5.91 Å². The molecule has 2 aromatic rings. The Hall–Kier alpha value is -2.10. The van der Waals surface area contributed by atoms with Crippen molar-refractivity contribution < 1.29 is 9.32 Å². The average molecular weight is 314 g/mol. The standard InChI is InChI=1S/C19H26N2O2/c1-13(2)9-8-10-14(3)20-19(22)17-15(4)23-21-18(17)16-11-6-5-7-12-16/h5-7,11-14H,8-10H2,1-4H3,(H,20,22). The van der Waals surface area contributed by atoms with Crippen LogP contribution in [0.2, 0.25) is 0 Å². The van der Waals surface area contributed by atoms with Crippen LogP contribution in [0.4, 0.5) is 0 Å². The smallest absolute Gasteiger partial charge is 0.257 e. The number of rotatable bonds is 7. The highest BCUT2D eigenvalue weighted by atomic mass is 16.5. The Bertz CT molecular complexity index is 632. The monoisotopic (exact) mass is 314 g/mol. The van der Waals surface area contributed by atoms with E-state index in [2.05, 4.69) is 24.3 Å². The van der Waals surface area contributed by atoms with Gasteiger partial charge in [-0.15, -0.1) is 0 Å². The SMILES string of the molecule is Cc1onc(-c2ccccc2)c1C(=O)NC(C)CCCC(C)C. The lowest BCUT2D eigenvalue weighted by Gasteiger charge is -2.14. The summed E-state index contributed by atoms with van der Waals surface area (Å²) in [6.45, 7) is 8.26. The summed E-state index contributed by atoms with van der Waals surface area (Å²) in [6.07, 6.45) is 3.28. The van der Waals surface area contributed by atoms with E-state index in [1.165, 1.54) is 6.42 Å². The number of nitrogens with zero attached hydrogens (tertiary/aromatic N) is 1. The van der Waals surface area contributed by atoms with E-state index in [0.29, 0.717) is 22.9 Å². The summed E-state index contributed by atoms with van der Waals surface area (Å²) in [5, 5.41) is 7.13. The first-order valence-corrected chi connectivity index (χ1v) is 8.31. The summed E-state index contributed by atoms with van der Waals surface area (Å²) in [5.74, 6) is 1.14. The van der Waals surface area contributed by atoms with Gasteiger partial charge in [0.25, 0.3) is 5.91 Å². The van der Waals surface area contributed by atoms with Gasteiger partial charge in [0.05, 0.1) is 0 Å². The maximum Gasteiger partial charge on any atom is 0.257 e. The van der Waals surface area contributed by atoms with E-state index in [1.54, 1.807) is 6.92 Å². The van der Waals surface area contributed by atoms with E-state index in [1.807, 2.05) is 37.3 Å². The lowest BCUT2D eigenvalue weighted by Crippen LogP contribution is -2.33. The van der Waals surface area contributed by atoms with Gasteiger partial charge in [-0.1, -0.05) is 62.2 Å². The summed E-state index contributed by atoms with van der Waals surface area (Å²) in [4.78, 5) is 12.6. The zero-order chi connectivity index (χ0) is 16.8. The van der Waals surface area contributed by atoms with Crippen molar-refractivity contribution in [1.82, 2.24) is 10.5 Å². The predicted octanol–water partition coefficient (Wildman–Crippen LogP) is 4.59. The maximum absolute atomic E-state index is 12.6. The second kappa shape index (κ2) is 7.95. The predicted molar refractivity (Wildman–Crippen MR) is 92.3 cm³/mol. The minimum absolute atomic E-state index is 0.111. The molecule has 0 aliphatic rings. The molecule has 2 rings (SSSR count). The molecule has 0 bridgehead atoms. The van der Waals surface area contributed by atoms with Gasteiger partial charge in [0.2, 0.25) is 0 Å². The van der Waals surface area contributed by atoms with Crippen LogP contribution in [0.25, 0.3) is 11.3 Å². The van der Waals surface area contributed by atoms with Crippen molar-refractivity contribution in [2.75, 3.05) is 0 Å². The Morgan fingerprint density at radius 1 is 1.17 bits per heavy atom. The van der Waals surface area contributed by atoms with Gasteiger partial charge in [-0.3, -0.25) is 4.79 Å². The van der Waals surface area contributed by atoms with Gasteiger partial charge >= 0.3 is 0 Å². The summed E-state index contributed by atoms with van der Waals surface area (Å²) in [7, 11) is 0. The lowest BCUT2D eigenvalue weighted by molar-refractivity contribution is 0.0937. The molecule has 0 aliphatic heterocycles. The molecular formula is C19H26N2O2. The third-order valence-electron chi connectivity index (χ3n) is 3.93. The molecular weight excluding hydrogens is 288 g/mol. The van der Waals surface area contributed by atoms with Crippen molar-refractivity contribution in [1.29, 1.82) is 0 Å². The molecule has 1 heterocycles. The molecule has 4 heteroatoms. The van der Waals surface area contributed by atoms with Crippen molar-refractivity contribution in [2.24, 2.45) is 5.92 Å². The summed E-state index contributed by atoms with van der Waals surface area (Å²) >= 11 is 0. The van der Waals surface area contributed by atoms with Gasteiger partial charge in [0.15, 0.2) is 0 Å². The summed E-state index contributed by atoms with van der Waals surface area (Å²) < 4.78 is 5.25. The number of carbonyl (C=O) groups is 1. The van der Waals surface area contributed by atoms with Crippen molar-refractivity contribution in [3.05, 3.63) is 41.7 Å². The molecule has 4 nitrogen and oxygen atoms in total. The van der Waals surface area contributed by atoms with Crippen LogP contribution in [0.15, 0.2) is 34.9 Å². The first-order valence-electron chi connectivity index (χ1n) is 8.31. The Labute approximate surface area is 138 Å². The fraction of sp³-hybridized carbons (Fsp3) is 0.474. The summed E-state index contributed by atoms with van der Waals surface area (Å²) in [6, 6.07) is 9.79. The van der Waals surface area contributed by atoms with Crippen molar-refractivity contribution in [3.8, 4) is 11.3 Å². The number of amides is 1. The minimum atomic E-state index is -0.111. The van der Waals surface area contributed by atoms with Crippen molar-refractivity contribution in [2.45, 2.75) is 53.0 Å². The van der Waals surface area contributed by atoms with Gasteiger partial charge < -0.3 is 9.84 Å². The molecule has 1 aromatic carbocycles. The third-order valence-corrected chi connectivity index (χ3v) is 3.93. The van der Waals surface area contributed by atoms with Gasteiger partial charge in [0, 0.05) is 11.6 Å². The van der Waals surface area contributed by atoms with Crippen LogP contribution in [-0.4, -0.2) is 17.1 Å². The third kappa shape index (κ3) is 4.68. The van der Waals surface area contributed by atoms with E-state index < -0.39 is 0 Å². The molecule has 124 valence electrons. The normalized spacial score (nSPS) is 12.4. The molecule has 0 saturated carbocycles. The van der Waals surface area contributed by atoms with Gasteiger partial charge in [0.1, 0.15) is 17.0 Å². The van der Waals surface area contributed by atoms with Crippen LogP contribution in [0.3, 0.4) is 0 Å². The molecule has 23 heavy (non-hydrogen) atoms. The molecule has 0 saturated heterocycles. The molecule has 1 unspecified atom stereocenters. The Morgan fingerprint density at radius 3 is 2.52 bits per heavy atom.